The molecule has 1 aliphatic heterocycles. The van der Waals surface area contributed by atoms with Crippen molar-refractivity contribution in [3.63, 3.8) is 0 Å². The van der Waals surface area contributed by atoms with Crippen LogP contribution in [-0.4, -0.2) is 22.8 Å². The SMILES string of the molecule is N#Cc1cc(-c2ccoc2)c2ccc(OCc3cc(C4CC(O)CCO4)ccn3)cc2c1. The lowest BCUT2D eigenvalue weighted by Gasteiger charge is -2.26. The Kier molecular flexibility index (Phi) is 5.59. The molecule has 160 valence electrons. The molecule has 1 saturated heterocycles. The summed E-state index contributed by atoms with van der Waals surface area (Å²) in [6, 6.07) is 17.6. The van der Waals surface area contributed by atoms with E-state index in [1.807, 2.05) is 48.5 Å². The van der Waals surface area contributed by atoms with Crippen LogP contribution in [0.25, 0.3) is 21.9 Å². The second-order valence-electron chi connectivity index (χ2n) is 7.94. The van der Waals surface area contributed by atoms with Gasteiger partial charge in [0.25, 0.3) is 0 Å². The topological polar surface area (TPSA) is 88.5 Å². The van der Waals surface area contributed by atoms with Gasteiger partial charge in [0.15, 0.2) is 0 Å². The van der Waals surface area contributed by atoms with Crippen LogP contribution in [-0.2, 0) is 11.3 Å². The molecule has 2 aromatic carbocycles. The van der Waals surface area contributed by atoms with Gasteiger partial charge in [-0.3, -0.25) is 4.98 Å². The summed E-state index contributed by atoms with van der Waals surface area (Å²) in [6.45, 7) is 0.865. The maximum Gasteiger partial charge on any atom is 0.130 e. The Morgan fingerprint density at radius 3 is 2.91 bits per heavy atom. The fourth-order valence-corrected chi connectivity index (χ4v) is 4.10. The highest BCUT2D eigenvalue weighted by atomic mass is 16.5. The van der Waals surface area contributed by atoms with Gasteiger partial charge in [-0.1, -0.05) is 6.07 Å². The summed E-state index contributed by atoms with van der Waals surface area (Å²) in [4.78, 5) is 4.41. The molecule has 6 nitrogen and oxygen atoms in total. The van der Waals surface area contributed by atoms with Crippen LogP contribution in [0.1, 0.15) is 35.8 Å². The van der Waals surface area contributed by atoms with Gasteiger partial charge in [0.1, 0.15) is 12.4 Å². The fraction of sp³-hybridized carbons (Fsp3) is 0.231. The third kappa shape index (κ3) is 4.22. The zero-order valence-corrected chi connectivity index (χ0v) is 17.4. The first-order valence-electron chi connectivity index (χ1n) is 10.6. The highest BCUT2D eigenvalue weighted by Crippen LogP contribution is 2.33. The largest absolute Gasteiger partial charge is 0.487 e. The molecule has 0 amide bonds. The van der Waals surface area contributed by atoms with Gasteiger partial charge in [-0.15, -0.1) is 0 Å². The number of nitrogens with zero attached hydrogens (tertiary/aromatic N) is 2. The van der Waals surface area contributed by atoms with Crippen LogP contribution in [0, 0.1) is 11.3 Å². The average Bonchev–Trinajstić information content (AvgIpc) is 3.37. The van der Waals surface area contributed by atoms with E-state index in [2.05, 4.69) is 11.1 Å². The maximum absolute atomic E-state index is 9.92. The molecule has 4 aromatic rings. The zero-order chi connectivity index (χ0) is 21.9. The number of hydrogen-bond donors (Lipinski definition) is 1. The molecule has 1 aliphatic rings. The Labute approximate surface area is 185 Å². The molecule has 5 rings (SSSR count). The molecule has 0 bridgehead atoms. The number of benzene rings is 2. The summed E-state index contributed by atoms with van der Waals surface area (Å²) >= 11 is 0. The van der Waals surface area contributed by atoms with E-state index in [-0.39, 0.29) is 12.2 Å². The smallest absolute Gasteiger partial charge is 0.130 e. The van der Waals surface area contributed by atoms with Gasteiger partial charge >= 0.3 is 0 Å². The standard InChI is InChI=1S/C26H22N2O4/c27-14-17-9-20-12-23(1-2-24(20)25(10-17)19-4-7-30-15-19)32-16-21-11-18(3-6-28-21)26-13-22(29)5-8-31-26/h1-4,6-7,9-12,15,22,26,29H,5,8,13,16H2. The first-order valence-corrected chi connectivity index (χ1v) is 10.6. The monoisotopic (exact) mass is 426 g/mol. The molecule has 32 heavy (non-hydrogen) atoms. The minimum Gasteiger partial charge on any atom is -0.487 e. The number of furan rings is 1. The minimum atomic E-state index is -0.329. The van der Waals surface area contributed by atoms with Crippen LogP contribution < -0.4 is 4.74 Å². The Morgan fingerprint density at radius 1 is 1.16 bits per heavy atom. The van der Waals surface area contributed by atoms with Crippen molar-refractivity contribution in [3.05, 3.63) is 84.1 Å². The predicted molar refractivity (Wildman–Crippen MR) is 119 cm³/mol. The minimum absolute atomic E-state index is 0.119. The number of aliphatic hydroxyl groups excluding tert-OH is 1. The summed E-state index contributed by atoms with van der Waals surface area (Å²) in [5.41, 5.74) is 4.24. The average molecular weight is 426 g/mol. The lowest BCUT2D eigenvalue weighted by molar-refractivity contribution is -0.0448. The normalized spacial score (nSPS) is 18.4. The van der Waals surface area contributed by atoms with E-state index in [1.165, 1.54) is 0 Å². The number of ether oxygens (including phenoxy) is 2. The number of aliphatic hydroxyl groups is 1. The zero-order valence-electron chi connectivity index (χ0n) is 17.4. The van der Waals surface area contributed by atoms with E-state index in [0.29, 0.717) is 37.4 Å². The molecule has 0 aliphatic carbocycles. The molecular formula is C26H22N2O4. The first-order chi connectivity index (χ1) is 15.7. The molecule has 1 fully saturated rings. The quantitative estimate of drug-likeness (QED) is 0.474. The van der Waals surface area contributed by atoms with Crippen molar-refractivity contribution >= 4 is 10.8 Å². The summed E-state index contributed by atoms with van der Waals surface area (Å²) < 4.78 is 17.0. The highest BCUT2D eigenvalue weighted by Gasteiger charge is 2.22. The lowest BCUT2D eigenvalue weighted by atomic mass is 9.97. The second kappa shape index (κ2) is 8.83. The molecule has 0 radical (unpaired) electrons. The van der Waals surface area contributed by atoms with E-state index in [4.69, 9.17) is 13.9 Å². The molecule has 6 heteroatoms. The second-order valence-corrected chi connectivity index (χ2v) is 7.94. The van der Waals surface area contributed by atoms with Gasteiger partial charge in [-0.2, -0.15) is 5.26 Å². The Bertz CT molecular complexity index is 1280. The van der Waals surface area contributed by atoms with Gasteiger partial charge in [0, 0.05) is 24.8 Å². The summed E-state index contributed by atoms with van der Waals surface area (Å²) in [6.07, 6.45) is 5.86. The predicted octanol–water partition coefficient (Wildman–Crippen LogP) is 5.16. The molecule has 1 N–H and O–H groups in total. The van der Waals surface area contributed by atoms with Crippen LogP contribution >= 0.6 is 0 Å². The van der Waals surface area contributed by atoms with Crippen LogP contribution in [0.2, 0.25) is 0 Å². The van der Waals surface area contributed by atoms with Crippen molar-refractivity contribution in [3.8, 4) is 22.9 Å². The van der Waals surface area contributed by atoms with Crippen molar-refractivity contribution in [1.29, 1.82) is 5.26 Å². The van der Waals surface area contributed by atoms with Crippen LogP contribution in [0.3, 0.4) is 0 Å². The number of nitriles is 1. The van der Waals surface area contributed by atoms with E-state index >= 15 is 0 Å². The molecule has 2 unspecified atom stereocenters. The number of aromatic nitrogens is 1. The number of fused-ring (bicyclic) bond motifs is 1. The van der Waals surface area contributed by atoms with Crippen LogP contribution in [0.5, 0.6) is 5.75 Å². The molecule has 2 atom stereocenters. The highest BCUT2D eigenvalue weighted by molar-refractivity contribution is 5.98. The van der Waals surface area contributed by atoms with E-state index in [1.54, 1.807) is 18.7 Å². The summed E-state index contributed by atoms with van der Waals surface area (Å²) in [7, 11) is 0. The van der Waals surface area contributed by atoms with Gasteiger partial charge in [-0.05, 0) is 70.8 Å². The van der Waals surface area contributed by atoms with Crippen molar-refractivity contribution in [2.45, 2.75) is 31.7 Å². The van der Waals surface area contributed by atoms with Gasteiger partial charge < -0.3 is 19.0 Å². The van der Waals surface area contributed by atoms with E-state index in [0.717, 1.165) is 33.2 Å². The molecule has 3 heterocycles. The number of rotatable bonds is 5. The van der Waals surface area contributed by atoms with E-state index < -0.39 is 0 Å². The summed E-state index contributed by atoms with van der Waals surface area (Å²) in [5.74, 6) is 0.697. The van der Waals surface area contributed by atoms with Crippen LogP contribution in [0.15, 0.2) is 71.7 Å². The van der Waals surface area contributed by atoms with Crippen molar-refractivity contribution in [1.82, 2.24) is 4.98 Å². The first kappa shape index (κ1) is 20.3. The van der Waals surface area contributed by atoms with Crippen molar-refractivity contribution in [2.24, 2.45) is 0 Å². The third-order valence-corrected chi connectivity index (χ3v) is 5.74. The molecule has 0 saturated carbocycles. The van der Waals surface area contributed by atoms with Gasteiger partial charge in [0.2, 0.25) is 0 Å². The number of pyridine rings is 1. The molecule has 0 spiro atoms. The molecular weight excluding hydrogens is 404 g/mol. The Morgan fingerprint density at radius 2 is 2.09 bits per heavy atom. The van der Waals surface area contributed by atoms with Crippen LogP contribution in [0.4, 0.5) is 0 Å². The Hall–Kier alpha value is -3.66. The molecule has 2 aromatic heterocycles. The fourth-order valence-electron chi connectivity index (χ4n) is 4.10. The van der Waals surface area contributed by atoms with E-state index in [9.17, 15) is 10.4 Å². The van der Waals surface area contributed by atoms with Crippen molar-refractivity contribution in [2.75, 3.05) is 6.61 Å². The number of hydrogen-bond acceptors (Lipinski definition) is 6. The summed E-state index contributed by atoms with van der Waals surface area (Å²) in [5, 5.41) is 21.3. The lowest BCUT2D eigenvalue weighted by Crippen LogP contribution is -2.23. The van der Waals surface area contributed by atoms with Crippen molar-refractivity contribution < 1.29 is 19.0 Å². The maximum atomic E-state index is 9.92. The Balaban J connectivity index is 1.37. The third-order valence-electron chi connectivity index (χ3n) is 5.74. The van der Waals surface area contributed by atoms with Gasteiger partial charge in [-0.25, -0.2) is 0 Å². The van der Waals surface area contributed by atoms with Gasteiger partial charge in [0.05, 0.1) is 42.1 Å².